The lowest BCUT2D eigenvalue weighted by atomic mass is 9.85. The smallest absolute Gasteiger partial charge is 0.306 e. The van der Waals surface area contributed by atoms with Gasteiger partial charge >= 0.3 is 5.97 Å². The van der Waals surface area contributed by atoms with E-state index in [0.717, 1.165) is 6.42 Å². The third-order valence-corrected chi connectivity index (χ3v) is 3.50. The first kappa shape index (κ1) is 9.69. The molecule has 0 spiro atoms. The minimum atomic E-state index is -0.146. The van der Waals surface area contributed by atoms with E-state index in [1.165, 1.54) is 0 Å². The number of hydrogen-bond acceptors (Lipinski definition) is 3. The molecule has 3 heteroatoms. The Bertz CT molecular complexity index is 272. The fourth-order valence-corrected chi connectivity index (χ4v) is 2.66. The van der Waals surface area contributed by atoms with Crippen molar-refractivity contribution in [1.82, 2.24) is 0 Å². The molecule has 3 nitrogen and oxygen atoms in total. The maximum atomic E-state index is 11.6. The van der Waals surface area contributed by atoms with E-state index in [1.54, 1.807) is 0 Å². The van der Waals surface area contributed by atoms with E-state index in [-0.39, 0.29) is 29.7 Å². The Morgan fingerprint density at radius 2 is 1.93 bits per heavy atom. The zero-order valence-corrected chi connectivity index (χ0v) is 8.66. The van der Waals surface area contributed by atoms with Crippen LogP contribution in [0.2, 0.25) is 0 Å². The zero-order chi connectivity index (χ0) is 10.3. The first-order chi connectivity index (χ1) is 6.59. The fourth-order valence-electron chi connectivity index (χ4n) is 2.66. The van der Waals surface area contributed by atoms with Gasteiger partial charge in [-0.25, -0.2) is 0 Å². The molecule has 1 aliphatic heterocycles. The van der Waals surface area contributed by atoms with Crippen molar-refractivity contribution in [3.05, 3.63) is 0 Å². The number of carbonyl (C=O) groups excluding carboxylic acids is 2. The third kappa shape index (κ3) is 1.45. The summed E-state index contributed by atoms with van der Waals surface area (Å²) in [5.74, 6) is 0.688. The molecule has 2 unspecified atom stereocenters. The summed E-state index contributed by atoms with van der Waals surface area (Å²) in [6.07, 6.45) is 1.94. The van der Waals surface area contributed by atoms with Crippen LogP contribution in [0.1, 0.15) is 33.1 Å². The Labute approximate surface area is 83.8 Å². The Morgan fingerprint density at radius 1 is 1.21 bits per heavy atom. The van der Waals surface area contributed by atoms with E-state index in [4.69, 9.17) is 4.74 Å². The van der Waals surface area contributed by atoms with Gasteiger partial charge in [0.15, 0.2) is 0 Å². The van der Waals surface area contributed by atoms with Crippen molar-refractivity contribution >= 4 is 11.8 Å². The van der Waals surface area contributed by atoms with Gasteiger partial charge in [-0.1, -0.05) is 13.8 Å². The molecule has 1 saturated carbocycles. The van der Waals surface area contributed by atoms with Gasteiger partial charge in [0.1, 0.15) is 11.9 Å². The van der Waals surface area contributed by atoms with E-state index < -0.39 is 0 Å². The van der Waals surface area contributed by atoms with Crippen LogP contribution in [0.25, 0.3) is 0 Å². The highest BCUT2D eigenvalue weighted by Crippen LogP contribution is 2.38. The summed E-state index contributed by atoms with van der Waals surface area (Å²) in [4.78, 5) is 22.7. The van der Waals surface area contributed by atoms with Crippen molar-refractivity contribution in [2.24, 2.45) is 17.8 Å². The summed E-state index contributed by atoms with van der Waals surface area (Å²) in [6, 6.07) is 0. The minimum Gasteiger partial charge on any atom is -0.461 e. The van der Waals surface area contributed by atoms with Crippen LogP contribution in [-0.2, 0) is 14.3 Å². The van der Waals surface area contributed by atoms with E-state index in [2.05, 4.69) is 6.92 Å². The predicted octanol–water partition coefficient (Wildman–Crippen LogP) is 1.55. The van der Waals surface area contributed by atoms with Gasteiger partial charge in [0.25, 0.3) is 0 Å². The molecule has 0 aromatic carbocycles. The second-order valence-electron chi connectivity index (χ2n) is 4.64. The number of carbonyl (C=O) groups is 2. The normalized spacial score (nSPS) is 43.0. The van der Waals surface area contributed by atoms with Crippen LogP contribution in [0.3, 0.4) is 0 Å². The number of hydrogen-bond donors (Lipinski definition) is 0. The largest absolute Gasteiger partial charge is 0.461 e. The molecule has 0 amide bonds. The van der Waals surface area contributed by atoms with Crippen LogP contribution in [0.15, 0.2) is 0 Å². The van der Waals surface area contributed by atoms with Crippen molar-refractivity contribution in [3.63, 3.8) is 0 Å². The van der Waals surface area contributed by atoms with Crippen LogP contribution in [0.4, 0.5) is 0 Å². The lowest BCUT2D eigenvalue weighted by molar-refractivity contribution is -0.145. The molecule has 2 fully saturated rings. The van der Waals surface area contributed by atoms with Gasteiger partial charge in [-0.3, -0.25) is 9.59 Å². The lowest BCUT2D eigenvalue weighted by Crippen LogP contribution is -2.31. The van der Waals surface area contributed by atoms with E-state index >= 15 is 0 Å². The Kier molecular flexibility index (Phi) is 2.33. The molecule has 4 atom stereocenters. The average Bonchev–Trinajstić information content (AvgIpc) is 2.57. The number of ether oxygens (including phenoxy) is 1. The molecule has 0 N–H and O–H groups in total. The topological polar surface area (TPSA) is 43.4 Å². The lowest BCUT2D eigenvalue weighted by Gasteiger charge is -2.23. The van der Waals surface area contributed by atoms with Crippen LogP contribution in [-0.4, -0.2) is 17.9 Å². The van der Waals surface area contributed by atoms with Gasteiger partial charge in [-0.05, 0) is 12.3 Å². The summed E-state index contributed by atoms with van der Waals surface area (Å²) >= 11 is 0. The SMILES string of the molecule is CC1CCC(=O)[C@@H]1C1OC(=O)C[C@H]1C. The van der Waals surface area contributed by atoms with Crippen molar-refractivity contribution in [2.45, 2.75) is 39.2 Å². The second-order valence-corrected chi connectivity index (χ2v) is 4.64. The van der Waals surface area contributed by atoms with E-state index in [9.17, 15) is 9.59 Å². The average molecular weight is 196 g/mol. The molecule has 0 bridgehead atoms. The van der Waals surface area contributed by atoms with Crippen molar-refractivity contribution in [3.8, 4) is 0 Å². The number of rotatable bonds is 1. The maximum Gasteiger partial charge on any atom is 0.306 e. The molecule has 2 aliphatic rings. The third-order valence-electron chi connectivity index (χ3n) is 3.50. The van der Waals surface area contributed by atoms with Gasteiger partial charge in [-0.15, -0.1) is 0 Å². The van der Waals surface area contributed by atoms with E-state index in [1.807, 2.05) is 6.92 Å². The summed E-state index contributed by atoms with van der Waals surface area (Å²) in [6.45, 7) is 4.07. The standard InChI is InChI=1S/C11H16O3/c1-6-3-4-8(12)10(6)11-7(2)5-9(13)14-11/h6-7,10-11H,3-5H2,1-2H3/t6?,7-,10-,11?/m1/s1. The monoisotopic (exact) mass is 196 g/mol. The van der Waals surface area contributed by atoms with Crippen molar-refractivity contribution in [2.75, 3.05) is 0 Å². The van der Waals surface area contributed by atoms with E-state index in [0.29, 0.717) is 18.8 Å². The molecular formula is C11H16O3. The molecular weight excluding hydrogens is 180 g/mol. The van der Waals surface area contributed by atoms with Crippen LogP contribution in [0.5, 0.6) is 0 Å². The fraction of sp³-hybridized carbons (Fsp3) is 0.818. The molecule has 2 rings (SSSR count). The summed E-state index contributed by atoms with van der Waals surface area (Å²) in [7, 11) is 0. The molecule has 0 aromatic rings. The molecule has 1 aliphatic carbocycles. The number of cyclic esters (lactones) is 1. The zero-order valence-electron chi connectivity index (χ0n) is 8.66. The van der Waals surface area contributed by atoms with Crippen LogP contribution in [0, 0.1) is 17.8 Å². The molecule has 78 valence electrons. The Morgan fingerprint density at radius 3 is 2.36 bits per heavy atom. The summed E-state index contributed by atoms with van der Waals surface area (Å²) < 4.78 is 5.24. The van der Waals surface area contributed by atoms with Crippen molar-refractivity contribution < 1.29 is 14.3 Å². The van der Waals surface area contributed by atoms with Crippen LogP contribution >= 0.6 is 0 Å². The Hall–Kier alpha value is -0.860. The molecule has 1 saturated heterocycles. The highest BCUT2D eigenvalue weighted by Gasteiger charge is 2.45. The first-order valence-electron chi connectivity index (χ1n) is 5.32. The Balaban J connectivity index is 2.14. The molecule has 0 radical (unpaired) electrons. The minimum absolute atomic E-state index is 0.0311. The highest BCUT2D eigenvalue weighted by molar-refractivity contribution is 5.85. The highest BCUT2D eigenvalue weighted by atomic mass is 16.6. The van der Waals surface area contributed by atoms with Gasteiger partial charge < -0.3 is 4.74 Å². The summed E-state index contributed by atoms with van der Waals surface area (Å²) in [5.41, 5.74) is 0. The van der Waals surface area contributed by atoms with Gasteiger partial charge in [0.05, 0.1) is 12.3 Å². The number of esters is 1. The quantitative estimate of drug-likeness (QED) is 0.598. The summed E-state index contributed by atoms with van der Waals surface area (Å²) in [5, 5.41) is 0. The second kappa shape index (κ2) is 3.37. The molecule has 1 heterocycles. The number of ketones is 1. The van der Waals surface area contributed by atoms with Gasteiger partial charge in [0.2, 0.25) is 0 Å². The van der Waals surface area contributed by atoms with Gasteiger partial charge in [-0.2, -0.15) is 0 Å². The van der Waals surface area contributed by atoms with Gasteiger partial charge in [0, 0.05) is 12.3 Å². The molecule has 0 aromatic heterocycles. The maximum absolute atomic E-state index is 11.6. The number of Topliss-reactive ketones (excluding diaryl/α,β-unsaturated/α-hetero) is 1. The molecule has 14 heavy (non-hydrogen) atoms. The predicted molar refractivity (Wildman–Crippen MR) is 50.6 cm³/mol. The first-order valence-corrected chi connectivity index (χ1v) is 5.32. The van der Waals surface area contributed by atoms with Crippen molar-refractivity contribution in [1.29, 1.82) is 0 Å². The van der Waals surface area contributed by atoms with Crippen LogP contribution < -0.4 is 0 Å².